The number of nitriles is 1. The quantitative estimate of drug-likeness (QED) is 0.794. The topological polar surface area (TPSA) is 71.7 Å². The summed E-state index contributed by atoms with van der Waals surface area (Å²) in [6, 6.07) is 5.04. The Kier molecular flexibility index (Phi) is 2.94. The van der Waals surface area contributed by atoms with E-state index in [1.54, 1.807) is 6.07 Å². The molecule has 0 saturated heterocycles. The fourth-order valence-electron chi connectivity index (χ4n) is 1.04. The number of hydrogen-bond acceptors (Lipinski definition) is 5. The Morgan fingerprint density at radius 2 is 2.25 bits per heavy atom. The zero-order chi connectivity index (χ0) is 11.4. The van der Waals surface area contributed by atoms with E-state index in [0.717, 1.165) is 0 Å². The van der Waals surface area contributed by atoms with Gasteiger partial charge in [0.15, 0.2) is 0 Å². The second-order valence-corrected chi connectivity index (χ2v) is 3.24. The average Bonchev–Trinajstić information content (AvgIpc) is 2.30. The molecule has 78 valence electrons. The first kappa shape index (κ1) is 10.3. The van der Waals surface area contributed by atoms with Crippen LogP contribution in [0.5, 0.6) is 11.6 Å². The van der Waals surface area contributed by atoms with Gasteiger partial charge in [0.25, 0.3) is 5.88 Å². The molecule has 0 saturated carbocycles. The number of nitrogens with zero attached hydrogens (tertiary/aromatic N) is 4. The van der Waals surface area contributed by atoms with Gasteiger partial charge in [0.2, 0.25) is 0 Å². The Balaban J connectivity index is 2.31. The lowest BCUT2D eigenvalue weighted by molar-refractivity contribution is 0.451. The van der Waals surface area contributed by atoms with Crippen molar-refractivity contribution >= 4 is 11.6 Å². The van der Waals surface area contributed by atoms with Crippen LogP contribution in [-0.4, -0.2) is 15.2 Å². The van der Waals surface area contributed by atoms with Gasteiger partial charge in [-0.2, -0.15) is 10.4 Å². The summed E-state index contributed by atoms with van der Waals surface area (Å²) in [5.74, 6) is 0.540. The largest absolute Gasteiger partial charge is 0.435 e. The lowest BCUT2D eigenvalue weighted by Gasteiger charge is -2.04. The molecule has 2 aromatic rings. The van der Waals surface area contributed by atoms with Crippen molar-refractivity contribution in [2.24, 2.45) is 0 Å². The SMILES string of the molecule is N#Cc1ccnnc1Oc1cncc(Cl)c1. The van der Waals surface area contributed by atoms with E-state index < -0.39 is 0 Å². The van der Waals surface area contributed by atoms with Crippen molar-refractivity contribution in [3.63, 3.8) is 0 Å². The highest BCUT2D eigenvalue weighted by Gasteiger charge is 2.06. The summed E-state index contributed by atoms with van der Waals surface area (Å²) in [5, 5.41) is 16.6. The van der Waals surface area contributed by atoms with E-state index in [2.05, 4.69) is 15.2 Å². The molecule has 0 atom stereocenters. The maximum Gasteiger partial charge on any atom is 0.257 e. The molecule has 0 amide bonds. The van der Waals surface area contributed by atoms with Gasteiger partial charge < -0.3 is 4.74 Å². The molecule has 2 rings (SSSR count). The fraction of sp³-hybridized carbons (Fsp3) is 0. The second kappa shape index (κ2) is 4.55. The van der Waals surface area contributed by atoms with Crippen molar-refractivity contribution in [1.82, 2.24) is 15.2 Å². The van der Waals surface area contributed by atoms with Gasteiger partial charge >= 0.3 is 0 Å². The Morgan fingerprint density at radius 3 is 3.00 bits per heavy atom. The van der Waals surface area contributed by atoms with E-state index in [1.807, 2.05) is 6.07 Å². The maximum absolute atomic E-state index is 8.81. The van der Waals surface area contributed by atoms with Gasteiger partial charge in [-0.1, -0.05) is 11.6 Å². The molecule has 0 aliphatic rings. The van der Waals surface area contributed by atoms with E-state index in [4.69, 9.17) is 21.6 Å². The number of rotatable bonds is 2. The van der Waals surface area contributed by atoms with Crippen LogP contribution in [0.15, 0.2) is 30.7 Å². The van der Waals surface area contributed by atoms with Crippen LogP contribution >= 0.6 is 11.6 Å². The van der Waals surface area contributed by atoms with Crippen LogP contribution in [0.1, 0.15) is 5.56 Å². The summed E-state index contributed by atoms with van der Waals surface area (Å²) >= 11 is 5.74. The first-order valence-corrected chi connectivity index (χ1v) is 4.67. The molecule has 5 nitrogen and oxygen atoms in total. The first-order valence-electron chi connectivity index (χ1n) is 4.30. The van der Waals surface area contributed by atoms with Gasteiger partial charge in [-0.15, -0.1) is 5.10 Å². The number of aromatic nitrogens is 3. The molecule has 0 aliphatic carbocycles. The average molecular weight is 233 g/mol. The fourth-order valence-corrected chi connectivity index (χ4v) is 1.20. The van der Waals surface area contributed by atoms with Gasteiger partial charge in [0, 0.05) is 12.3 Å². The highest BCUT2D eigenvalue weighted by Crippen LogP contribution is 2.22. The molecule has 2 aromatic heterocycles. The molecular weight excluding hydrogens is 228 g/mol. The molecule has 2 heterocycles. The number of ether oxygens (including phenoxy) is 1. The van der Waals surface area contributed by atoms with Crippen LogP contribution in [0, 0.1) is 11.3 Å². The first-order chi connectivity index (χ1) is 7.79. The Bertz CT molecular complexity index is 553. The molecule has 0 spiro atoms. The van der Waals surface area contributed by atoms with Crippen LogP contribution in [0.4, 0.5) is 0 Å². The Labute approximate surface area is 96.3 Å². The van der Waals surface area contributed by atoms with E-state index in [0.29, 0.717) is 16.3 Å². The second-order valence-electron chi connectivity index (χ2n) is 2.80. The van der Waals surface area contributed by atoms with Gasteiger partial charge in [0.1, 0.15) is 17.4 Å². The van der Waals surface area contributed by atoms with Crippen LogP contribution in [0.3, 0.4) is 0 Å². The van der Waals surface area contributed by atoms with E-state index in [1.165, 1.54) is 24.7 Å². The zero-order valence-corrected chi connectivity index (χ0v) is 8.72. The molecule has 6 heteroatoms. The smallest absolute Gasteiger partial charge is 0.257 e. The van der Waals surface area contributed by atoms with Gasteiger partial charge in [0.05, 0.1) is 17.4 Å². The number of halogens is 1. The molecule has 0 aromatic carbocycles. The van der Waals surface area contributed by atoms with E-state index >= 15 is 0 Å². The predicted molar refractivity (Wildman–Crippen MR) is 56.1 cm³/mol. The van der Waals surface area contributed by atoms with Crippen molar-refractivity contribution in [3.05, 3.63) is 41.3 Å². The normalized spacial score (nSPS) is 9.50. The minimum absolute atomic E-state index is 0.133. The zero-order valence-electron chi connectivity index (χ0n) is 7.96. The summed E-state index contributed by atoms with van der Waals surface area (Å²) in [5.41, 5.74) is 0.301. The Morgan fingerprint density at radius 1 is 1.38 bits per heavy atom. The van der Waals surface area contributed by atoms with Crippen molar-refractivity contribution in [1.29, 1.82) is 5.26 Å². The van der Waals surface area contributed by atoms with Crippen LogP contribution in [0.2, 0.25) is 5.02 Å². The van der Waals surface area contributed by atoms with Crippen molar-refractivity contribution < 1.29 is 4.74 Å². The summed E-state index contributed by atoms with van der Waals surface area (Å²) < 4.78 is 5.34. The van der Waals surface area contributed by atoms with E-state index in [-0.39, 0.29) is 5.88 Å². The van der Waals surface area contributed by atoms with Crippen molar-refractivity contribution in [3.8, 4) is 17.7 Å². The standard InChI is InChI=1S/C10H5ClN4O/c11-8-3-9(6-13-5-8)16-10-7(4-12)1-2-14-15-10/h1-3,5-6H. The van der Waals surface area contributed by atoms with Gasteiger partial charge in [-0.05, 0) is 6.07 Å². The molecule has 0 unspecified atom stereocenters. The molecule has 0 N–H and O–H groups in total. The minimum Gasteiger partial charge on any atom is -0.435 e. The molecule has 0 aliphatic heterocycles. The summed E-state index contributed by atoms with van der Waals surface area (Å²) in [6.07, 6.45) is 4.37. The van der Waals surface area contributed by atoms with Gasteiger partial charge in [-0.3, -0.25) is 4.98 Å². The van der Waals surface area contributed by atoms with Crippen LogP contribution < -0.4 is 4.74 Å². The lowest BCUT2D eigenvalue weighted by Crippen LogP contribution is -1.93. The minimum atomic E-state index is 0.133. The van der Waals surface area contributed by atoms with Gasteiger partial charge in [-0.25, -0.2) is 0 Å². The summed E-state index contributed by atoms with van der Waals surface area (Å²) in [7, 11) is 0. The third kappa shape index (κ3) is 2.24. The van der Waals surface area contributed by atoms with Crippen molar-refractivity contribution in [2.75, 3.05) is 0 Å². The van der Waals surface area contributed by atoms with Crippen molar-refractivity contribution in [2.45, 2.75) is 0 Å². The molecule has 0 radical (unpaired) electrons. The summed E-state index contributed by atoms with van der Waals surface area (Å²) in [4.78, 5) is 3.85. The summed E-state index contributed by atoms with van der Waals surface area (Å²) in [6.45, 7) is 0. The predicted octanol–water partition coefficient (Wildman–Crippen LogP) is 2.19. The highest BCUT2D eigenvalue weighted by atomic mass is 35.5. The van der Waals surface area contributed by atoms with Crippen LogP contribution in [-0.2, 0) is 0 Å². The highest BCUT2D eigenvalue weighted by molar-refractivity contribution is 6.30. The molecule has 0 fully saturated rings. The number of hydrogen-bond donors (Lipinski definition) is 0. The van der Waals surface area contributed by atoms with E-state index in [9.17, 15) is 0 Å². The molecular formula is C10H5ClN4O. The monoisotopic (exact) mass is 232 g/mol. The van der Waals surface area contributed by atoms with Crippen LogP contribution in [0.25, 0.3) is 0 Å². The number of pyridine rings is 1. The third-order valence-electron chi connectivity index (χ3n) is 1.70. The third-order valence-corrected chi connectivity index (χ3v) is 1.91. The Hall–Kier alpha value is -2.19. The molecule has 16 heavy (non-hydrogen) atoms. The lowest BCUT2D eigenvalue weighted by atomic mass is 10.3. The molecule has 0 bridgehead atoms. The maximum atomic E-state index is 8.81.